The monoisotopic (exact) mass is 401 g/mol. The summed E-state index contributed by atoms with van der Waals surface area (Å²) in [6.45, 7) is 4.08. The minimum Gasteiger partial charge on any atom is -0.490 e. The highest BCUT2D eigenvalue weighted by Gasteiger charge is 2.50. The fourth-order valence-electron chi connectivity index (χ4n) is 4.89. The maximum absolute atomic E-state index is 10.2. The molecule has 1 atom stereocenters. The van der Waals surface area contributed by atoms with Gasteiger partial charge in [-0.05, 0) is 24.5 Å². The van der Waals surface area contributed by atoms with Crippen LogP contribution >= 0.6 is 12.4 Å². The predicted molar refractivity (Wildman–Crippen MR) is 111 cm³/mol. The summed E-state index contributed by atoms with van der Waals surface area (Å²) in [5.74, 6) is 0.920. The molecule has 5 nitrogen and oxygen atoms in total. The number of pyridine rings is 1. The minimum absolute atomic E-state index is 0. The molecule has 5 rings (SSSR count). The lowest BCUT2D eigenvalue weighted by Crippen LogP contribution is -2.62. The summed E-state index contributed by atoms with van der Waals surface area (Å²) in [6, 6.07) is 12.4. The van der Waals surface area contributed by atoms with E-state index in [1.54, 1.807) is 0 Å². The first-order chi connectivity index (χ1) is 13.3. The number of hydrogen-bond acceptors (Lipinski definition) is 5. The summed E-state index contributed by atoms with van der Waals surface area (Å²) in [4.78, 5) is 6.95. The molecule has 150 valence electrons. The zero-order valence-electron chi connectivity index (χ0n) is 16.0. The number of nitrogens with one attached hydrogen (secondary N) is 1. The van der Waals surface area contributed by atoms with Crippen LogP contribution in [0.5, 0.6) is 5.75 Å². The molecule has 2 aliphatic heterocycles. The maximum atomic E-state index is 10.2. The van der Waals surface area contributed by atoms with Crippen LogP contribution in [-0.2, 0) is 13.0 Å². The zero-order valence-corrected chi connectivity index (χ0v) is 16.8. The van der Waals surface area contributed by atoms with E-state index >= 15 is 0 Å². The van der Waals surface area contributed by atoms with E-state index in [1.165, 1.54) is 5.56 Å². The van der Waals surface area contributed by atoms with E-state index in [0.717, 1.165) is 62.4 Å². The van der Waals surface area contributed by atoms with E-state index in [2.05, 4.69) is 39.5 Å². The minimum atomic E-state index is -0.0583. The Morgan fingerprint density at radius 2 is 1.96 bits per heavy atom. The first-order valence-electron chi connectivity index (χ1n) is 10.0. The highest BCUT2D eigenvalue weighted by Crippen LogP contribution is 2.47. The van der Waals surface area contributed by atoms with Crippen LogP contribution in [0.3, 0.4) is 0 Å². The second-order valence-corrected chi connectivity index (χ2v) is 8.33. The Kier molecular flexibility index (Phi) is 5.61. The zero-order chi connectivity index (χ0) is 18.3. The topological polar surface area (TPSA) is 57.6 Å². The molecule has 1 aromatic heterocycles. The molecule has 3 aliphatic rings. The molecule has 2 fully saturated rings. The third-order valence-electron chi connectivity index (χ3n) is 6.46. The number of benzene rings is 1. The van der Waals surface area contributed by atoms with Crippen LogP contribution in [0.2, 0.25) is 0 Å². The second-order valence-electron chi connectivity index (χ2n) is 8.33. The third-order valence-corrected chi connectivity index (χ3v) is 6.46. The van der Waals surface area contributed by atoms with Gasteiger partial charge in [0.1, 0.15) is 5.75 Å². The molecule has 1 saturated carbocycles. The molecule has 1 unspecified atom stereocenters. The average molecular weight is 402 g/mol. The number of aliphatic hydroxyl groups excluding tert-OH is 1. The van der Waals surface area contributed by atoms with Gasteiger partial charge in [0, 0.05) is 49.8 Å². The van der Waals surface area contributed by atoms with Crippen molar-refractivity contribution >= 4 is 12.4 Å². The maximum Gasteiger partial charge on any atom is 0.127 e. The number of ether oxygens (including phenoxy) is 1. The Morgan fingerprint density at radius 3 is 2.64 bits per heavy atom. The largest absolute Gasteiger partial charge is 0.490 e. The number of rotatable bonds is 5. The van der Waals surface area contributed by atoms with Gasteiger partial charge in [-0.15, -0.1) is 12.4 Å². The molecule has 28 heavy (non-hydrogen) atoms. The van der Waals surface area contributed by atoms with Crippen molar-refractivity contribution in [1.29, 1.82) is 0 Å². The van der Waals surface area contributed by atoms with E-state index in [0.29, 0.717) is 11.5 Å². The molecule has 1 spiro atoms. The quantitative estimate of drug-likeness (QED) is 0.806. The molecule has 0 amide bonds. The Hall–Kier alpha value is -1.66. The standard InChI is InChI=1S/C22H27N3O2.ClH/c26-13-19-21-18(7-9-25(19)12-16-4-2-1-3-5-16)24-8-6-20(21)27-17-10-22(11-17)14-23-15-22;/h1-6,8,17,19,23,26H,7,9-15H2;1H. The summed E-state index contributed by atoms with van der Waals surface area (Å²) < 4.78 is 6.40. The van der Waals surface area contributed by atoms with Crippen molar-refractivity contribution in [3.05, 3.63) is 59.4 Å². The number of halogens is 1. The van der Waals surface area contributed by atoms with Crippen LogP contribution in [0.4, 0.5) is 0 Å². The second kappa shape index (κ2) is 7.99. The van der Waals surface area contributed by atoms with Crippen molar-refractivity contribution in [2.45, 2.75) is 38.0 Å². The summed E-state index contributed by atoms with van der Waals surface area (Å²) in [5, 5.41) is 13.6. The van der Waals surface area contributed by atoms with Gasteiger partial charge in [0.15, 0.2) is 0 Å². The molecule has 0 bridgehead atoms. The lowest BCUT2D eigenvalue weighted by atomic mass is 9.63. The first-order valence-corrected chi connectivity index (χ1v) is 10.0. The summed E-state index contributed by atoms with van der Waals surface area (Å²) in [7, 11) is 0. The fraction of sp³-hybridized carbons (Fsp3) is 0.500. The van der Waals surface area contributed by atoms with Crippen molar-refractivity contribution < 1.29 is 9.84 Å². The normalized spacial score (nSPS) is 23.2. The van der Waals surface area contributed by atoms with E-state index in [-0.39, 0.29) is 25.1 Å². The van der Waals surface area contributed by atoms with Crippen molar-refractivity contribution in [3.8, 4) is 5.75 Å². The molecule has 6 heteroatoms. The molecule has 2 N–H and O–H groups in total. The number of nitrogens with zero attached hydrogens (tertiary/aromatic N) is 2. The molecule has 1 aliphatic carbocycles. The van der Waals surface area contributed by atoms with E-state index in [9.17, 15) is 5.11 Å². The van der Waals surface area contributed by atoms with Crippen molar-refractivity contribution in [1.82, 2.24) is 15.2 Å². The lowest BCUT2D eigenvalue weighted by Gasteiger charge is -2.54. The van der Waals surface area contributed by atoms with Crippen molar-refractivity contribution in [3.63, 3.8) is 0 Å². The van der Waals surface area contributed by atoms with Crippen LogP contribution in [0.25, 0.3) is 0 Å². The van der Waals surface area contributed by atoms with Crippen LogP contribution in [0.1, 0.15) is 35.7 Å². The fourth-order valence-corrected chi connectivity index (χ4v) is 4.89. The molecule has 0 radical (unpaired) electrons. The molecule has 1 aromatic carbocycles. The van der Waals surface area contributed by atoms with Gasteiger partial charge in [0.2, 0.25) is 0 Å². The average Bonchev–Trinajstić information content (AvgIpc) is 2.63. The Morgan fingerprint density at radius 1 is 1.18 bits per heavy atom. The summed E-state index contributed by atoms with van der Waals surface area (Å²) in [5.41, 5.74) is 3.93. The van der Waals surface area contributed by atoms with E-state index in [4.69, 9.17) is 4.74 Å². The molecule has 2 aromatic rings. The van der Waals surface area contributed by atoms with E-state index in [1.807, 2.05) is 18.3 Å². The highest BCUT2D eigenvalue weighted by atomic mass is 35.5. The SMILES string of the molecule is Cl.OCC1c2c(OC3CC4(CNC4)C3)ccnc2CCN1Cc1ccccc1. The first kappa shape index (κ1) is 19.6. The van der Waals surface area contributed by atoms with Gasteiger partial charge >= 0.3 is 0 Å². The van der Waals surface area contributed by atoms with Gasteiger partial charge in [0.25, 0.3) is 0 Å². The molecular weight excluding hydrogens is 374 g/mol. The van der Waals surface area contributed by atoms with Gasteiger partial charge in [-0.25, -0.2) is 0 Å². The van der Waals surface area contributed by atoms with E-state index < -0.39 is 0 Å². The molecule has 1 saturated heterocycles. The van der Waals surface area contributed by atoms with Gasteiger partial charge < -0.3 is 15.2 Å². The van der Waals surface area contributed by atoms with Crippen molar-refractivity contribution in [2.24, 2.45) is 5.41 Å². The molecule has 3 heterocycles. The van der Waals surface area contributed by atoms with Crippen molar-refractivity contribution in [2.75, 3.05) is 26.2 Å². The predicted octanol–water partition coefficient (Wildman–Crippen LogP) is 2.73. The van der Waals surface area contributed by atoms with Gasteiger partial charge in [-0.3, -0.25) is 9.88 Å². The third kappa shape index (κ3) is 3.52. The Balaban J connectivity index is 0.00000192. The smallest absolute Gasteiger partial charge is 0.127 e. The number of aromatic nitrogens is 1. The number of fused-ring (bicyclic) bond motifs is 1. The van der Waals surface area contributed by atoms with Gasteiger partial charge in [-0.1, -0.05) is 30.3 Å². The molecular formula is C22H28ClN3O2. The van der Waals surface area contributed by atoms with Gasteiger partial charge in [0.05, 0.1) is 24.4 Å². The van der Waals surface area contributed by atoms with Gasteiger partial charge in [-0.2, -0.15) is 0 Å². The summed E-state index contributed by atoms with van der Waals surface area (Å²) in [6.07, 6.45) is 5.31. The highest BCUT2D eigenvalue weighted by molar-refractivity contribution is 5.85. The van der Waals surface area contributed by atoms with Crippen LogP contribution in [0.15, 0.2) is 42.6 Å². The van der Waals surface area contributed by atoms with Crippen LogP contribution in [0, 0.1) is 5.41 Å². The number of aliphatic hydroxyl groups is 1. The van der Waals surface area contributed by atoms with Crippen LogP contribution in [-0.4, -0.2) is 47.3 Å². The number of hydrogen-bond donors (Lipinski definition) is 2. The summed E-state index contributed by atoms with van der Waals surface area (Å²) >= 11 is 0. The Labute approximate surface area is 172 Å². The lowest BCUT2D eigenvalue weighted by molar-refractivity contribution is -0.0508. The Bertz CT molecular complexity index is 805. The van der Waals surface area contributed by atoms with Crippen LogP contribution < -0.4 is 10.1 Å².